The number of thiophene rings is 2. The Morgan fingerprint density at radius 2 is 1.15 bits per heavy atom. The van der Waals surface area contributed by atoms with Crippen molar-refractivity contribution in [2.45, 2.75) is 102 Å². The summed E-state index contributed by atoms with van der Waals surface area (Å²) in [5.74, 6) is -0.0656. The van der Waals surface area contributed by atoms with Crippen molar-refractivity contribution in [3.63, 3.8) is 0 Å². The van der Waals surface area contributed by atoms with Gasteiger partial charge in [0, 0.05) is 43.4 Å². The van der Waals surface area contributed by atoms with Gasteiger partial charge >= 0.3 is 5.82 Å². The number of hydrogen-bond acceptors (Lipinski definition) is 8. The maximum Gasteiger partial charge on any atom is 0.553 e. The van der Waals surface area contributed by atoms with Crippen LogP contribution in [0.25, 0.3) is 44.4 Å². The van der Waals surface area contributed by atoms with E-state index in [4.69, 9.17) is 13.1 Å². The highest BCUT2D eigenvalue weighted by Crippen LogP contribution is 2.71. The van der Waals surface area contributed by atoms with Crippen molar-refractivity contribution >= 4 is 80.0 Å². The molecule has 8 nitrogen and oxygen atoms in total. The van der Waals surface area contributed by atoms with E-state index in [0.29, 0.717) is 31.5 Å². The Bertz CT molecular complexity index is 2550. The molecule has 0 N–H and O–H groups in total. The van der Waals surface area contributed by atoms with Gasteiger partial charge in [0.05, 0.1) is 9.06 Å². The standard InChI is InChI=1S/C40H34N6O2S4/c1-5-45-35(47)28(51-37(45)23(21-41)22-42)19-24-17-26-32(49-24)30-31(39(26)13-9-7-10-14-39)33-27(40(30)15-11-8-12-16-40)18-25(50-33)20-29-36(48)46(6-2)38(52-29)34(43-3)44-4/h17-20H,5-16H2,1-2H3/b28-19+,29-20+. The van der Waals surface area contributed by atoms with Crippen molar-refractivity contribution in [1.29, 1.82) is 10.5 Å². The minimum Gasteiger partial charge on any atom is -0.302 e. The molecule has 2 saturated carbocycles. The van der Waals surface area contributed by atoms with Crippen molar-refractivity contribution in [3.05, 3.63) is 105 Å². The van der Waals surface area contributed by atoms with Crippen molar-refractivity contribution in [2.75, 3.05) is 0 Å². The molecule has 0 amide bonds. The molecular weight excluding hydrogens is 725 g/mol. The topological polar surface area (TPSA) is 100 Å². The Labute approximate surface area is 316 Å². The van der Waals surface area contributed by atoms with Crippen molar-refractivity contribution in [1.82, 2.24) is 9.13 Å². The Kier molecular flexibility index (Phi) is 8.72. The minimum atomic E-state index is -0.164. The van der Waals surface area contributed by atoms with Crippen LogP contribution in [0.1, 0.15) is 109 Å². The maximum absolute atomic E-state index is 13.5. The molecule has 0 radical (unpaired) electrons. The van der Waals surface area contributed by atoms with Crippen LogP contribution < -0.4 is 29.5 Å². The van der Waals surface area contributed by atoms with E-state index < -0.39 is 0 Å². The predicted octanol–water partition coefficient (Wildman–Crippen LogP) is 6.40. The second-order valence-corrected chi connectivity index (χ2v) is 18.1. The van der Waals surface area contributed by atoms with Gasteiger partial charge in [-0.2, -0.15) is 20.2 Å². The molecule has 0 atom stereocenters. The molecule has 8 rings (SSSR count). The first-order chi connectivity index (χ1) is 25.3. The van der Waals surface area contributed by atoms with E-state index in [-0.39, 0.29) is 33.3 Å². The fourth-order valence-corrected chi connectivity index (χ4v) is 14.3. The average Bonchev–Trinajstić information content (AvgIpc) is 3.99. The Hall–Kier alpha value is -4.56. The fourth-order valence-electron chi connectivity index (χ4n) is 9.27. The van der Waals surface area contributed by atoms with Gasteiger partial charge in [-0.3, -0.25) is 14.2 Å². The quantitative estimate of drug-likeness (QED) is 0.225. The first-order valence-electron chi connectivity index (χ1n) is 17.8. The van der Waals surface area contributed by atoms with Crippen LogP contribution in [0.5, 0.6) is 0 Å². The number of rotatable bonds is 4. The van der Waals surface area contributed by atoms with Gasteiger partial charge in [-0.25, -0.2) is 0 Å². The third kappa shape index (κ3) is 4.89. The Morgan fingerprint density at radius 1 is 0.731 bits per heavy atom. The number of hydrogen-bond donors (Lipinski definition) is 0. The van der Waals surface area contributed by atoms with Crippen LogP contribution in [-0.2, 0) is 23.9 Å². The SMILES string of the molecule is [C-]#[N+]C([N+]#[C-])=c1s/c(=C/c2cc3c(s2)C2=C(c4sc(/C=c5/sc(=C(C#N)C#N)n(CC)c5=O)cc4C24CCCCC4)C32CCCCC2)c(=O)n1CC. The van der Waals surface area contributed by atoms with Gasteiger partial charge in [0.2, 0.25) is 0 Å². The third-order valence-electron chi connectivity index (χ3n) is 11.4. The van der Waals surface area contributed by atoms with Crippen LogP contribution in [0.2, 0.25) is 0 Å². The Morgan fingerprint density at radius 3 is 1.56 bits per heavy atom. The van der Waals surface area contributed by atoms with Crippen LogP contribution in [0.4, 0.5) is 0 Å². The molecule has 2 spiro atoms. The molecule has 4 aromatic rings. The molecule has 0 aromatic carbocycles. The number of nitrogens with zero attached hydrogens (tertiary/aromatic N) is 6. The van der Waals surface area contributed by atoms with Gasteiger partial charge in [0.15, 0.2) is 10.2 Å². The third-order valence-corrected chi connectivity index (χ3v) is 15.9. The summed E-state index contributed by atoms with van der Waals surface area (Å²) in [7, 11) is 0. The lowest BCUT2D eigenvalue weighted by Gasteiger charge is -2.37. The zero-order chi connectivity index (χ0) is 36.4. The fraction of sp³-hybridized carbons (Fsp3) is 0.400. The van der Waals surface area contributed by atoms with E-state index in [1.54, 1.807) is 27.2 Å². The number of aromatic nitrogens is 2. The molecule has 12 heteroatoms. The summed E-state index contributed by atoms with van der Waals surface area (Å²) in [5.41, 5.74) is 5.25. The van der Waals surface area contributed by atoms with Gasteiger partial charge < -0.3 is 4.57 Å². The molecule has 0 bridgehead atoms. The molecule has 260 valence electrons. The molecule has 0 unspecified atom stereocenters. The van der Waals surface area contributed by atoms with Gasteiger partial charge in [-0.15, -0.1) is 45.3 Å². The van der Waals surface area contributed by atoms with Crippen LogP contribution in [0.15, 0.2) is 21.7 Å². The first-order valence-corrected chi connectivity index (χ1v) is 21.1. The van der Waals surface area contributed by atoms with Crippen LogP contribution in [-0.4, -0.2) is 9.13 Å². The molecule has 0 saturated heterocycles. The lowest BCUT2D eigenvalue weighted by molar-refractivity contribution is 0.373. The minimum absolute atomic E-state index is 0.0356. The summed E-state index contributed by atoms with van der Waals surface area (Å²) < 4.78 is 5.02. The van der Waals surface area contributed by atoms with Gasteiger partial charge in [-0.1, -0.05) is 38.5 Å². The number of thiazole rings is 2. The predicted molar refractivity (Wildman–Crippen MR) is 210 cm³/mol. The van der Waals surface area contributed by atoms with E-state index in [2.05, 4.69) is 21.8 Å². The highest BCUT2D eigenvalue weighted by molar-refractivity contribution is 7.16. The number of nitriles is 2. The van der Waals surface area contributed by atoms with Crippen LogP contribution in [0.3, 0.4) is 0 Å². The summed E-state index contributed by atoms with van der Waals surface area (Å²) in [6.45, 7) is 19.5. The summed E-state index contributed by atoms with van der Waals surface area (Å²) >= 11 is 6.05. The summed E-state index contributed by atoms with van der Waals surface area (Å²) in [6.07, 6.45) is 15.3. The summed E-state index contributed by atoms with van der Waals surface area (Å²) in [5, 5.41) is 19.1. The second-order valence-electron chi connectivity index (χ2n) is 13.9. The molecular formula is C40H34N6O2S4. The molecule has 4 aliphatic carbocycles. The lowest BCUT2D eigenvalue weighted by atomic mass is 9.67. The highest BCUT2D eigenvalue weighted by Gasteiger charge is 2.58. The van der Waals surface area contributed by atoms with Crippen molar-refractivity contribution < 1.29 is 0 Å². The highest BCUT2D eigenvalue weighted by atomic mass is 32.1. The van der Waals surface area contributed by atoms with Crippen molar-refractivity contribution in [2.24, 2.45) is 0 Å². The molecule has 0 aliphatic heterocycles. The summed E-state index contributed by atoms with van der Waals surface area (Å²) in [6, 6.07) is 8.60. The lowest BCUT2D eigenvalue weighted by Crippen LogP contribution is -2.31. The normalized spacial score (nSPS) is 18.5. The van der Waals surface area contributed by atoms with Crippen LogP contribution >= 0.6 is 45.3 Å². The van der Waals surface area contributed by atoms with E-state index >= 15 is 0 Å². The first kappa shape index (κ1) is 34.5. The zero-order valence-corrected chi connectivity index (χ0v) is 32.2. The second kappa shape index (κ2) is 13.1. The largest absolute Gasteiger partial charge is 0.553 e. The monoisotopic (exact) mass is 758 g/mol. The summed E-state index contributed by atoms with van der Waals surface area (Å²) in [4.78, 5) is 38.7. The molecule has 4 heterocycles. The van der Waals surface area contributed by atoms with Crippen molar-refractivity contribution in [3.8, 4) is 12.1 Å². The molecule has 2 fully saturated rings. The Balaban J connectivity index is 1.34. The number of fused-ring (bicyclic) bond motifs is 8. The number of allylic oxidation sites excluding steroid dienone is 2. The van der Waals surface area contributed by atoms with Gasteiger partial charge in [0.25, 0.3) is 11.1 Å². The van der Waals surface area contributed by atoms with Gasteiger partial charge in [0.1, 0.15) is 29.9 Å². The zero-order valence-electron chi connectivity index (χ0n) is 28.9. The maximum atomic E-state index is 13.5. The average molecular weight is 759 g/mol. The van der Waals surface area contributed by atoms with Gasteiger partial charge in [-0.05, 0) is 86.1 Å². The van der Waals surface area contributed by atoms with E-state index in [1.807, 2.05) is 38.1 Å². The van der Waals surface area contributed by atoms with Crippen LogP contribution in [0, 0.1) is 35.8 Å². The van der Waals surface area contributed by atoms with E-state index in [0.717, 1.165) is 61.1 Å². The molecule has 4 aromatic heterocycles. The molecule has 52 heavy (non-hydrogen) atoms. The van der Waals surface area contributed by atoms with E-state index in [9.17, 15) is 20.1 Å². The molecule has 4 aliphatic rings. The smallest absolute Gasteiger partial charge is 0.302 e. The van der Waals surface area contributed by atoms with E-state index in [1.165, 1.54) is 72.1 Å².